The van der Waals surface area contributed by atoms with E-state index in [0.29, 0.717) is 16.7 Å². The van der Waals surface area contributed by atoms with Crippen molar-refractivity contribution in [3.63, 3.8) is 0 Å². The lowest BCUT2D eigenvalue weighted by atomic mass is 9.96. The molecule has 2 rings (SSSR count). The molecule has 0 aliphatic heterocycles. The largest absolute Gasteiger partial charge is 0.504 e. The molecule has 3 heteroatoms. The number of rotatable bonds is 3. The number of aryl methyl sites for hydroxylation is 1. The summed E-state index contributed by atoms with van der Waals surface area (Å²) < 4.78 is 0. The molecular weight excluding hydrogens is 264 g/mol. The second-order valence-electron chi connectivity index (χ2n) is 5.00. The molecule has 108 valence electrons. The molecular formula is C18H18O3. The molecule has 2 aromatic rings. The van der Waals surface area contributed by atoms with Crippen LogP contribution in [0.4, 0.5) is 0 Å². The summed E-state index contributed by atoms with van der Waals surface area (Å²) >= 11 is 0. The molecule has 0 spiro atoms. The van der Waals surface area contributed by atoms with E-state index < -0.39 is 5.75 Å². The maximum Gasteiger partial charge on any atom is 0.200 e. The Morgan fingerprint density at radius 2 is 1.67 bits per heavy atom. The lowest BCUT2D eigenvalue weighted by molar-refractivity contribution is 0.366. The molecule has 0 fully saturated rings. The van der Waals surface area contributed by atoms with Gasteiger partial charge in [-0.1, -0.05) is 43.0 Å². The number of aromatic hydroxyl groups is 3. The minimum Gasteiger partial charge on any atom is -0.504 e. The normalized spacial score (nSPS) is 11.4. The number of hydrogen-bond acceptors (Lipinski definition) is 3. The molecule has 3 nitrogen and oxygen atoms in total. The summed E-state index contributed by atoms with van der Waals surface area (Å²) in [6.07, 6.45) is 1.84. The van der Waals surface area contributed by atoms with Crippen LogP contribution in [0.1, 0.15) is 23.6 Å². The average molecular weight is 282 g/mol. The smallest absolute Gasteiger partial charge is 0.200 e. The highest BCUT2D eigenvalue weighted by atomic mass is 16.3. The van der Waals surface area contributed by atoms with Crippen LogP contribution in [0.5, 0.6) is 17.2 Å². The second kappa shape index (κ2) is 5.75. The Morgan fingerprint density at radius 3 is 2.29 bits per heavy atom. The fraction of sp³-hybridized carbons (Fsp3) is 0.111. The molecule has 0 saturated carbocycles. The van der Waals surface area contributed by atoms with Gasteiger partial charge in [-0.15, -0.1) is 0 Å². The third kappa shape index (κ3) is 2.92. The van der Waals surface area contributed by atoms with Crippen molar-refractivity contribution in [1.29, 1.82) is 0 Å². The van der Waals surface area contributed by atoms with E-state index in [1.165, 1.54) is 6.07 Å². The molecule has 0 atom stereocenters. The highest BCUT2D eigenvalue weighted by molar-refractivity contribution is 5.86. The van der Waals surface area contributed by atoms with Crippen LogP contribution in [-0.2, 0) is 0 Å². The van der Waals surface area contributed by atoms with E-state index in [1.807, 2.05) is 43.3 Å². The van der Waals surface area contributed by atoms with E-state index in [2.05, 4.69) is 6.58 Å². The lowest BCUT2D eigenvalue weighted by Crippen LogP contribution is -1.89. The van der Waals surface area contributed by atoms with Crippen LogP contribution in [-0.4, -0.2) is 15.3 Å². The van der Waals surface area contributed by atoms with E-state index in [-0.39, 0.29) is 11.5 Å². The standard InChI is InChI=1S/C18H18O3/c1-11(14-7-5-4-6-8-14)9-12(2)16-13(3)10-15(19)17(20)18(16)21/h4-10,19-21H,2H2,1,3H3/b11-9+. The van der Waals surface area contributed by atoms with Crippen molar-refractivity contribution >= 4 is 11.1 Å². The van der Waals surface area contributed by atoms with Gasteiger partial charge in [-0.3, -0.25) is 0 Å². The summed E-state index contributed by atoms with van der Waals surface area (Å²) in [6.45, 7) is 7.65. The van der Waals surface area contributed by atoms with Crippen LogP contribution in [0.15, 0.2) is 49.1 Å². The minimum atomic E-state index is -0.525. The first-order valence-corrected chi connectivity index (χ1v) is 6.59. The predicted molar refractivity (Wildman–Crippen MR) is 85.3 cm³/mol. The highest BCUT2D eigenvalue weighted by Gasteiger charge is 2.16. The van der Waals surface area contributed by atoms with Gasteiger partial charge in [0.05, 0.1) is 0 Å². The van der Waals surface area contributed by atoms with Gasteiger partial charge in [0.15, 0.2) is 11.5 Å². The zero-order valence-electron chi connectivity index (χ0n) is 12.1. The summed E-state index contributed by atoms with van der Waals surface area (Å²) in [5.74, 6) is -1.22. The SMILES string of the molecule is C=C(/C=C(\C)c1ccccc1)c1c(C)cc(O)c(O)c1O. The molecule has 0 aliphatic carbocycles. The van der Waals surface area contributed by atoms with E-state index in [4.69, 9.17) is 0 Å². The van der Waals surface area contributed by atoms with Crippen molar-refractivity contribution in [2.75, 3.05) is 0 Å². The maximum absolute atomic E-state index is 10.0. The fourth-order valence-corrected chi connectivity index (χ4v) is 2.30. The average Bonchev–Trinajstić information content (AvgIpc) is 2.45. The van der Waals surface area contributed by atoms with Crippen molar-refractivity contribution in [1.82, 2.24) is 0 Å². The molecule has 0 bridgehead atoms. The third-order valence-electron chi connectivity index (χ3n) is 3.39. The molecule has 0 amide bonds. The summed E-state index contributed by atoms with van der Waals surface area (Å²) in [4.78, 5) is 0. The molecule has 0 aliphatic rings. The fourth-order valence-electron chi connectivity index (χ4n) is 2.30. The predicted octanol–water partition coefficient (Wildman–Crippen LogP) is 4.23. The first-order valence-electron chi connectivity index (χ1n) is 6.59. The van der Waals surface area contributed by atoms with E-state index in [1.54, 1.807) is 6.92 Å². The van der Waals surface area contributed by atoms with Crippen LogP contribution < -0.4 is 0 Å². The summed E-state index contributed by atoms with van der Waals surface area (Å²) in [6, 6.07) is 11.2. The molecule has 0 heterocycles. The Morgan fingerprint density at radius 1 is 1.05 bits per heavy atom. The first kappa shape index (κ1) is 14.7. The number of phenolic OH excluding ortho intramolecular Hbond substituents is 3. The van der Waals surface area contributed by atoms with Gasteiger partial charge >= 0.3 is 0 Å². The molecule has 2 aromatic carbocycles. The van der Waals surface area contributed by atoms with Crippen LogP contribution in [0.3, 0.4) is 0 Å². The van der Waals surface area contributed by atoms with Gasteiger partial charge < -0.3 is 15.3 Å². The molecule has 0 saturated heterocycles. The molecule has 3 N–H and O–H groups in total. The van der Waals surface area contributed by atoms with Gasteiger partial charge in [0.2, 0.25) is 5.75 Å². The van der Waals surface area contributed by atoms with Crippen molar-refractivity contribution in [2.45, 2.75) is 13.8 Å². The number of benzene rings is 2. The lowest BCUT2D eigenvalue weighted by Gasteiger charge is -2.12. The number of hydrogen-bond donors (Lipinski definition) is 3. The minimum absolute atomic E-state index is 0.342. The van der Waals surface area contributed by atoms with Crippen molar-refractivity contribution in [2.24, 2.45) is 0 Å². The Kier molecular flexibility index (Phi) is 4.03. The zero-order valence-corrected chi connectivity index (χ0v) is 12.1. The van der Waals surface area contributed by atoms with Gasteiger partial charge in [-0.25, -0.2) is 0 Å². The van der Waals surface area contributed by atoms with E-state index in [9.17, 15) is 15.3 Å². The van der Waals surface area contributed by atoms with Crippen LogP contribution >= 0.6 is 0 Å². The van der Waals surface area contributed by atoms with Gasteiger partial charge in [0.25, 0.3) is 0 Å². The van der Waals surface area contributed by atoms with Crippen LogP contribution in [0, 0.1) is 6.92 Å². The molecule has 0 radical (unpaired) electrons. The summed E-state index contributed by atoms with van der Waals surface area (Å²) in [5, 5.41) is 29.2. The van der Waals surface area contributed by atoms with Gasteiger partial charge in [-0.05, 0) is 42.2 Å². The third-order valence-corrected chi connectivity index (χ3v) is 3.39. The first-order chi connectivity index (χ1) is 9.91. The molecule has 0 unspecified atom stereocenters. The summed E-state index contributed by atoms with van der Waals surface area (Å²) in [5.41, 5.74) is 3.69. The van der Waals surface area contributed by atoms with Crippen LogP contribution in [0.25, 0.3) is 11.1 Å². The Labute approximate surface area is 124 Å². The second-order valence-corrected chi connectivity index (χ2v) is 5.00. The van der Waals surface area contributed by atoms with E-state index in [0.717, 1.165) is 11.1 Å². The Hall–Kier alpha value is -2.68. The summed E-state index contributed by atoms with van der Waals surface area (Å²) in [7, 11) is 0. The van der Waals surface area contributed by atoms with Crippen molar-refractivity contribution < 1.29 is 15.3 Å². The quantitative estimate of drug-likeness (QED) is 0.583. The maximum atomic E-state index is 10.0. The van der Waals surface area contributed by atoms with Crippen LogP contribution in [0.2, 0.25) is 0 Å². The highest BCUT2D eigenvalue weighted by Crippen LogP contribution is 2.42. The van der Waals surface area contributed by atoms with E-state index >= 15 is 0 Å². The van der Waals surface area contributed by atoms with Crippen molar-refractivity contribution in [3.05, 3.63) is 65.7 Å². The van der Waals surface area contributed by atoms with Crippen molar-refractivity contribution in [3.8, 4) is 17.2 Å². The Bertz CT molecular complexity index is 713. The van der Waals surface area contributed by atoms with Gasteiger partial charge in [0, 0.05) is 5.56 Å². The van der Waals surface area contributed by atoms with Gasteiger partial charge in [-0.2, -0.15) is 0 Å². The van der Waals surface area contributed by atoms with Gasteiger partial charge in [0.1, 0.15) is 0 Å². The number of phenols is 3. The molecule has 0 aromatic heterocycles. The number of allylic oxidation sites excluding steroid dienone is 3. The molecule has 21 heavy (non-hydrogen) atoms. The Balaban J connectivity index is 2.45. The topological polar surface area (TPSA) is 60.7 Å². The zero-order chi connectivity index (χ0) is 15.6. The monoisotopic (exact) mass is 282 g/mol.